The number of nitrogens with one attached hydrogen (secondary N) is 1. The number of amides is 1. The van der Waals surface area contributed by atoms with E-state index in [1.807, 2.05) is 60.7 Å². The maximum Gasteiger partial charge on any atom is 0.232 e. The van der Waals surface area contributed by atoms with Gasteiger partial charge in [0.15, 0.2) is 0 Å². The first-order valence-corrected chi connectivity index (χ1v) is 9.00. The Bertz CT molecular complexity index is 637. The summed E-state index contributed by atoms with van der Waals surface area (Å²) in [6.45, 7) is 1.24. The molecule has 1 aliphatic heterocycles. The monoisotopic (exact) mass is 355 g/mol. The Morgan fingerprint density at radius 2 is 1.73 bits per heavy atom. The molecule has 1 aliphatic rings. The molecule has 0 spiro atoms. The van der Waals surface area contributed by atoms with E-state index < -0.39 is 5.92 Å². The van der Waals surface area contributed by atoms with Crippen LogP contribution in [0.5, 0.6) is 0 Å². The molecule has 0 radical (unpaired) electrons. The number of carbonyl (C=O) groups is 1. The SMILES string of the molecule is O=C(N[C@H]1COCC[C@H]1OCCO)C(c1ccccc1)c1ccccc1. The van der Waals surface area contributed by atoms with Gasteiger partial charge in [0, 0.05) is 6.61 Å². The number of ether oxygens (including phenoxy) is 2. The van der Waals surface area contributed by atoms with Gasteiger partial charge >= 0.3 is 0 Å². The zero-order valence-electron chi connectivity index (χ0n) is 14.7. The first-order chi connectivity index (χ1) is 12.8. The molecule has 1 fully saturated rings. The first-order valence-electron chi connectivity index (χ1n) is 9.00. The molecule has 2 aromatic carbocycles. The van der Waals surface area contributed by atoms with Crippen molar-refractivity contribution in [1.29, 1.82) is 0 Å². The highest BCUT2D eigenvalue weighted by molar-refractivity contribution is 5.87. The number of aliphatic hydroxyl groups excluding tert-OH is 1. The van der Waals surface area contributed by atoms with Crippen LogP contribution in [-0.4, -0.2) is 49.6 Å². The van der Waals surface area contributed by atoms with Gasteiger partial charge in [0.2, 0.25) is 5.91 Å². The van der Waals surface area contributed by atoms with Crippen LogP contribution in [0.15, 0.2) is 60.7 Å². The lowest BCUT2D eigenvalue weighted by atomic mass is 9.90. The summed E-state index contributed by atoms with van der Waals surface area (Å²) in [5, 5.41) is 12.1. The standard InChI is InChI=1S/C21H25NO4/c23-12-14-26-19-11-13-25-15-18(19)22-21(24)20(16-7-3-1-4-8-16)17-9-5-2-6-10-17/h1-10,18-20,23H,11-15H2,(H,22,24)/t18-,19+/m0/s1. The zero-order chi connectivity index (χ0) is 18.2. The third kappa shape index (κ3) is 4.69. The molecule has 2 aromatic rings. The molecule has 0 saturated carbocycles. The Labute approximate surface area is 153 Å². The molecule has 0 aromatic heterocycles. The second-order valence-electron chi connectivity index (χ2n) is 6.37. The number of carbonyl (C=O) groups excluding carboxylic acids is 1. The molecule has 0 bridgehead atoms. The fourth-order valence-electron chi connectivity index (χ4n) is 3.31. The van der Waals surface area contributed by atoms with Gasteiger partial charge in [0.05, 0.1) is 37.9 Å². The molecule has 2 atom stereocenters. The van der Waals surface area contributed by atoms with Gasteiger partial charge in [-0.3, -0.25) is 4.79 Å². The molecule has 5 heteroatoms. The van der Waals surface area contributed by atoms with E-state index in [-0.39, 0.29) is 31.3 Å². The Morgan fingerprint density at radius 3 is 2.31 bits per heavy atom. The summed E-state index contributed by atoms with van der Waals surface area (Å²) in [7, 11) is 0. The molecular formula is C21H25NO4. The molecule has 138 valence electrons. The smallest absolute Gasteiger partial charge is 0.232 e. The molecule has 2 N–H and O–H groups in total. The Kier molecular flexibility index (Phi) is 6.77. The average molecular weight is 355 g/mol. The highest BCUT2D eigenvalue weighted by atomic mass is 16.5. The fraction of sp³-hybridized carbons (Fsp3) is 0.381. The number of rotatable bonds is 7. The van der Waals surface area contributed by atoms with Crippen LogP contribution in [0.3, 0.4) is 0 Å². The molecule has 1 heterocycles. The third-order valence-corrected chi connectivity index (χ3v) is 4.57. The highest BCUT2D eigenvalue weighted by Gasteiger charge is 2.31. The van der Waals surface area contributed by atoms with E-state index in [4.69, 9.17) is 14.6 Å². The largest absolute Gasteiger partial charge is 0.394 e. The quantitative estimate of drug-likeness (QED) is 0.798. The van der Waals surface area contributed by atoms with Crippen molar-refractivity contribution in [2.45, 2.75) is 24.5 Å². The van der Waals surface area contributed by atoms with Gasteiger partial charge < -0.3 is 19.9 Å². The summed E-state index contributed by atoms with van der Waals surface area (Å²) in [6, 6.07) is 19.3. The third-order valence-electron chi connectivity index (χ3n) is 4.57. The van der Waals surface area contributed by atoms with Crippen LogP contribution in [0.1, 0.15) is 23.5 Å². The summed E-state index contributed by atoms with van der Waals surface area (Å²) in [4.78, 5) is 13.2. The normalized spacial score (nSPS) is 20.1. The van der Waals surface area contributed by atoms with E-state index in [0.717, 1.165) is 11.1 Å². The van der Waals surface area contributed by atoms with Crippen LogP contribution >= 0.6 is 0 Å². The lowest BCUT2D eigenvalue weighted by molar-refractivity contribution is -0.127. The number of hydrogen-bond donors (Lipinski definition) is 2. The van der Waals surface area contributed by atoms with Crippen molar-refractivity contribution >= 4 is 5.91 Å². The van der Waals surface area contributed by atoms with Gasteiger partial charge in [-0.1, -0.05) is 60.7 Å². The lowest BCUT2D eigenvalue weighted by Gasteiger charge is -2.33. The second-order valence-corrected chi connectivity index (χ2v) is 6.37. The molecular weight excluding hydrogens is 330 g/mol. The van der Waals surface area contributed by atoms with Crippen LogP contribution in [0.2, 0.25) is 0 Å². The summed E-state index contributed by atoms with van der Waals surface area (Å²) >= 11 is 0. The molecule has 1 amide bonds. The minimum Gasteiger partial charge on any atom is -0.394 e. The summed E-state index contributed by atoms with van der Waals surface area (Å²) in [6.07, 6.45) is 0.554. The highest BCUT2D eigenvalue weighted by Crippen LogP contribution is 2.25. The molecule has 1 saturated heterocycles. The second kappa shape index (κ2) is 9.48. The Morgan fingerprint density at radius 1 is 1.12 bits per heavy atom. The number of aliphatic hydroxyl groups is 1. The van der Waals surface area contributed by atoms with E-state index in [0.29, 0.717) is 19.6 Å². The first kappa shape index (κ1) is 18.6. The molecule has 3 rings (SSSR count). The van der Waals surface area contributed by atoms with Crippen molar-refractivity contribution in [2.24, 2.45) is 0 Å². The van der Waals surface area contributed by atoms with Crippen LogP contribution in [0.25, 0.3) is 0 Å². The van der Waals surface area contributed by atoms with Crippen molar-refractivity contribution in [2.75, 3.05) is 26.4 Å². The van der Waals surface area contributed by atoms with Crippen molar-refractivity contribution in [3.63, 3.8) is 0 Å². The van der Waals surface area contributed by atoms with Gasteiger partial charge in [-0.2, -0.15) is 0 Å². The van der Waals surface area contributed by atoms with Crippen LogP contribution < -0.4 is 5.32 Å². The topological polar surface area (TPSA) is 67.8 Å². The lowest BCUT2D eigenvalue weighted by Crippen LogP contribution is -2.52. The predicted molar refractivity (Wildman–Crippen MR) is 98.9 cm³/mol. The molecule has 26 heavy (non-hydrogen) atoms. The van der Waals surface area contributed by atoms with E-state index in [1.54, 1.807) is 0 Å². The van der Waals surface area contributed by atoms with E-state index in [9.17, 15) is 4.79 Å². The maximum atomic E-state index is 13.2. The Balaban J connectivity index is 1.79. The van der Waals surface area contributed by atoms with Crippen LogP contribution in [0.4, 0.5) is 0 Å². The van der Waals surface area contributed by atoms with Gasteiger partial charge in [0.25, 0.3) is 0 Å². The van der Waals surface area contributed by atoms with Crippen molar-refractivity contribution in [3.8, 4) is 0 Å². The maximum absolute atomic E-state index is 13.2. The van der Waals surface area contributed by atoms with Gasteiger partial charge in [-0.05, 0) is 17.5 Å². The van der Waals surface area contributed by atoms with Crippen molar-refractivity contribution < 1.29 is 19.4 Å². The predicted octanol–water partition coefficient (Wildman–Crippen LogP) is 2.10. The van der Waals surface area contributed by atoms with Gasteiger partial charge in [0.1, 0.15) is 0 Å². The van der Waals surface area contributed by atoms with Crippen molar-refractivity contribution in [3.05, 3.63) is 71.8 Å². The summed E-state index contributed by atoms with van der Waals surface area (Å²) in [5.41, 5.74) is 1.89. The van der Waals surface area contributed by atoms with E-state index in [1.165, 1.54) is 0 Å². The Hall–Kier alpha value is -2.21. The molecule has 0 unspecified atom stereocenters. The minimum atomic E-state index is -0.391. The molecule has 5 nitrogen and oxygen atoms in total. The van der Waals surface area contributed by atoms with Crippen LogP contribution in [-0.2, 0) is 14.3 Å². The fourth-order valence-corrected chi connectivity index (χ4v) is 3.31. The average Bonchev–Trinajstić information content (AvgIpc) is 2.69. The van der Waals surface area contributed by atoms with Crippen LogP contribution in [0, 0.1) is 0 Å². The van der Waals surface area contributed by atoms with E-state index in [2.05, 4.69) is 5.32 Å². The van der Waals surface area contributed by atoms with Crippen molar-refractivity contribution in [1.82, 2.24) is 5.32 Å². The number of benzene rings is 2. The minimum absolute atomic E-state index is 0.0331. The van der Waals surface area contributed by atoms with E-state index >= 15 is 0 Å². The number of hydrogen-bond acceptors (Lipinski definition) is 4. The van der Waals surface area contributed by atoms with Gasteiger partial charge in [-0.25, -0.2) is 0 Å². The summed E-state index contributed by atoms with van der Waals surface area (Å²) in [5.74, 6) is -0.465. The molecule has 0 aliphatic carbocycles. The summed E-state index contributed by atoms with van der Waals surface area (Å²) < 4.78 is 11.2. The van der Waals surface area contributed by atoms with Gasteiger partial charge in [-0.15, -0.1) is 0 Å². The zero-order valence-corrected chi connectivity index (χ0v) is 14.7.